The minimum absolute atomic E-state index is 0.172. The zero-order valence-corrected chi connectivity index (χ0v) is 11.3. The molecule has 0 aromatic heterocycles. The summed E-state index contributed by atoms with van der Waals surface area (Å²) in [6.07, 6.45) is -0.889. The molecule has 0 aliphatic heterocycles. The first kappa shape index (κ1) is 15.3. The first-order valence-electron chi connectivity index (χ1n) is 5.35. The van der Waals surface area contributed by atoms with E-state index < -0.39 is 31.6 Å². The van der Waals surface area contributed by atoms with Gasteiger partial charge >= 0.3 is 5.69 Å². The summed E-state index contributed by atoms with van der Waals surface area (Å²) in [7, 11) is -2.85. The van der Waals surface area contributed by atoms with Crippen molar-refractivity contribution in [3.63, 3.8) is 0 Å². The number of nitro benzene ring substituents is 1. The molecule has 0 fully saturated rings. The third kappa shape index (κ3) is 3.19. The Balaban J connectivity index is 3.37. The number of aliphatic hydroxyl groups is 1. The zero-order valence-electron chi connectivity index (χ0n) is 10.5. The number of hydrogen-bond donors (Lipinski definition) is 2. The van der Waals surface area contributed by atoms with Gasteiger partial charge in [-0.25, -0.2) is 8.42 Å². The number of nitrogen functional groups attached to an aromatic ring is 1. The molecule has 1 rings (SSSR count). The Labute approximate surface area is 110 Å². The van der Waals surface area contributed by atoms with E-state index in [0.29, 0.717) is 0 Å². The van der Waals surface area contributed by atoms with Crippen molar-refractivity contribution in [3.8, 4) is 0 Å². The molecule has 0 saturated heterocycles. The van der Waals surface area contributed by atoms with Crippen molar-refractivity contribution in [1.29, 1.82) is 0 Å². The topological polar surface area (TPSA) is 127 Å². The smallest absolute Gasteiger partial charge is 0.312 e. The predicted molar refractivity (Wildman–Crippen MR) is 69.0 cm³/mol. The highest BCUT2D eigenvalue weighted by atomic mass is 32.2. The Morgan fingerprint density at radius 3 is 2.58 bits per heavy atom. The normalized spacial score (nSPS) is 13.5. The lowest BCUT2D eigenvalue weighted by Gasteiger charge is -2.18. The molecule has 0 spiro atoms. The van der Waals surface area contributed by atoms with Gasteiger partial charge in [-0.05, 0) is 19.1 Å². The number of rotatable bonds is 5. The number of aliphatic hydroxyl groups excluding tert-OH is 1. The standard InChI is InChI=1S/C10H15N3O5S/c1-7(14)6-12(2)19(17,18)9-5-3-4-8(11)10(9)13(15)16/h3-5,7,14H,6,11H2,1-2H3. The van der Waals surface area contributed by atoms with Crippen LogP contribution in [0.4, 0.5) is 11.4 Å². The summed E-state index contributed by atoms with van der Waals surface area (Å²) in [6.45, 7) is 1.24. The van der Waals surface area contributed by atoms with Crippen molar-refractivity contribution in [2.45, 2.75) is 17.9 Å². The zero-order chi connectivity index (χ0) is 14.8. The van der Waals surface area contributed by atoms with E-state index in [1.54, 1.807) is 0 Å². The molecule has 3 N–H and O–H groups in total. The van der Waals surface area contributed by atoms with E-state index in [9.17, 15) is 23.6 Å². The second-order valence-electron chi connectivity index (χ2n) is 4.09. The first-order valence-corrected chi connectivity index (χ1v) is 6.79. The summed E-state index contributed by atoms with van der Waals surface area (Å²) in [4.78, 5) is 9.61. The van der Waals surface area contributed by atoms with Crippen LogP contribution in [0, 0.1) is 10.1 Å². The number of anilines is 1. The van der Waals surface area contributed by atoms with Crippen LogP contribution in [0.15, 0.2) is 23.1 Å². The van der Waals surface area contributed by atoms with Gasteiger partial charge in [-0.15, -0.1) is 0 Å². The Kier molecular flexibility index (Phi) is 4.45. The average molecular weight is 289 g/mol. The van der Waals surface area contributed by atoms with E-state index in [1.165, 1.54) is 26.1 Å². The van der Waals surface area contributed by atoms with Crippen LogP contribution in [0.1, 0.15) is 6.92 Å². The lowest BCUT2D eigenvalue weighted by Crippen LogP contribution is -2.33. The maximum Gasteiger partial charge on any atom is 0.312 e. The van der Waals surface area contributed by atoms with Gasteiger partial charge in [-0.1, -0.05) is 6.07 Å². The van der Waals surface area contributed by atoms with Gasteiger partial charge in [-0.2, -0.15) is 4.31 Å². The number of para-hydroxylation sites is 1. The average Bonchev–Trinajstić information content (AvgIpc) is 2.26. The number of nitro groups is 1. The summed E-state index contributed by atoms with van der Waals surface area (Å²) in [5.41, 5.74) is 4.57. The van der Waals surface area contributed by atoms with Gasteiger partial charge in [0.05, 0.1) is 11.0 Å². The van der Waals surface area contributed by atoms with Crippen molar-refractivity contribution in [3.05, 3.63) is 28.3 Å². The monoisotopic (exact) mass is 289 g/mol. The van der Waals surface area contributed by atoms with E-state index in [1.807, 2.05) is 0 Å². The third-order valence-electron chi connectivity index (χ3n) is 2.42. The molecule has 9 heteroatoms. The maximum absolute atomic E-state index is 12.2. The maximum atomic E-state index is 12.2. The molecule has 19 heavy (non-hydrogen) atoms. The van der Waals surface area contributed by atoms with E-state index in [-0.39, 0.29) is 12.2 Å². The van der Waals surface area contributed by atoms with Gasteiger partial charge in [0.1, 0.15) is 5.69 Å². The van der Waals surface area contributed by atoms with Gasteiger partial charge in [0.15, 0.2) is 4.90 Å². The SMILES string of the molecule is CC(O)CN(C)S(=O)(=O)c1cccc(N)c1[N+](=O)[O-]. The summed E-state index contributed by atoms with van der Waals surface area (Å²) < 4.78 is 25.2. The summed E-state index contributed by atoms with van der Waals surface area (Å²) in [5, 5.41) is 20.1. The number of likely N-dealkylation sites (N-methyl/N-ethyl adjacent to an activating group) is 1. The van der Waals surface area contributed by atoms with Crippen LogP contribution in [0.2, 0.25) is 0 Å². The third-order valence-corrected chi connectivity index (χ3v) is 4.28. The van der Waals surface area contributed by atoms with Gasteiger partial charge in [-0.3, -0.25) is 10.1 Å². The van der Waals surface area contributed by atoms with Crippen molar-refractivity contribution in [1.82, 2.24) is 4.31 Å². The number of benzene rings is 1. The molecular weight excluding hydrogens is 274 g/mol. The van der Waals surface area contributed by atoms with Gasteiger partial charge in [0.25, 0.3) is 0 Å². The fourth-order valence-electron chi connectivity index (χ4n) is 1.58. The Morgan fingerprint density at radius 1 is 1.53 bits per heavy atom. The quantitative estimate of drug-likeness (QED) is 0.452. The summed E-state index contributed by atoms with van der Waals surface area (Å²) in [6, 6.07) is 3.69. The molecule has 1 aromatic rings. The minimum Gasteiger partial charge on any atom is -0.393 e. The number of sulfonamides is 1. The molecule has 0 radical (unpaired) electrons. The predicted octanol–water partition coefficient (Wildman–Crippen LogP) is 0.178. The molecule has 106 valence electrons. The fourth-order valence-corrected chi connectivity index (χ4v) is 3.02. The Morgan fingerprint density at radius 2 is 2.11 bits per heavy atom. The van der Waals surface area contributed by atoms with Crippen LogP contribution in [0.3, 0.4) is 0 Å². The van der Waals surface area contributed by atoms with Gasteiger partial charge in [0, 0.05) is 13.6 Å². The van der Waals surface area contributed by atoms with Crippen LogP contribution < -0.4 is 5.73 Å². The Hall–Kier alpha value is -1.71. The molecule has 1 aromatic carbocycles. The molecule has 0 amide bonds. The highest BCUT2D eigenvalue weighted by Gasteiger charge is 2.31. The van der Waals surface area contributed by atoms with Gasteiger partial charge < -0.3 is 10.8 Å². The molecule has 1 atom stereocenters. The summed E-state index contributed by atoms with van der Waals surface area (Å²) in [5.74, 6) is 0. The Bertz CT molecular complexity index is 585. The molecule has 0 heterocycles. The van der Waals surface area contributed by atoms with Crippen LogP contribution in [-0.2, 0) is 10.0 Å². The second kappa shape index (κ2) is 5.51. The molecular formula is C10H15N3O5S. The highest BCUT2D eigenvalue weighted by molar-refractivity contribution is 7.89. The number of hydrogen-bond acceptors (Lipinski definition) is 6. The molecule has 0 aliphatic rings. The molecule has 1 unspecified atom stereocenters. The second-order valence-corrected chi connectivity index (χ2v) is 6.10. The fraction of sp³-hybridized carbons (Fsp3) is 0.400. The van der Waals surface area contributed by atoms with Crippen molar-refractivity contribution < 1.29 is 18.4 Å². The van der Waals surface area contributed by atoms with Crippen LogP contribution in [-0.4, -0.2) is 42.4 Å². The largest absolute Gasteiger partial charge is 0.393 e. The van der Waals surface area contributed by atoms with Crippen LogP contribution >= 0.6 is 0 Å². The van der Waals surface area contributed by atoms with E-state index >= 15 is 0 Å². The van der Waals surface area contributed by atoms with Crippen LogP contribution in [0.5, 0.6) is 0 Å². The van der Waals surface area contributed by atoms with Gasteiger partial charge in [0.2, 0.25) is 10.0 Å². The molecule has 0 aliphatic carbocycles. The van der Waals surface area contributed by atoms with E-state index in [0.717, 1.165) is 10.4 Å². The van der Waals surface area contributed by atoms with E-state index in [4.69, 9.17) is 5.73 Å². The van der Waals surface area contributed by atoms with E-state index in [2.05, 4.69) is 0 Å². The number of nitrogens with two attached hydrogens (primary N) is 1. The molecule has 0 bridgehead atoms. The summed E-state index contributed by atoms with van der Waals surface area (Å²) >= 11 is 0. The lowest BCUT2D eigenvalue weighted by atomic mass is 10.3. The highest BCUT2D eigenvalue weighted by Crippen LogP contribution is 2.31. The molecule has 0 saturated carbocycles. The van der Waals surface area contributed by atoms with Crippen molar-refractivity contribution in [2.75, 3.05) is 19.3 Å². The molecule has 8 nitrogen and oxygen atoms in total. The minimum atomic E-state index is -4.08. The van der Waals surface area contributed by atoms with Crippen molar-refractivity contribution in [2.24, 2.45) is 0 Å². The number of nitrogens with zero attached hydrogens (tertiary/aromatic N) is 2. The first-order chi connectivity index (χ1) is 8.67. The van der Waals surface area contributed by atoms with Crippen molar-refractivity contribution >= 4 is 21.4 Å². The lowest BCUT2D eigenvalue weighted by molar-refractivity contribution is -0.386. The van der Waals surface area contributed by atoms with Crippen LogP contribution in [0.25, 0.3) is 0 Å².